The maximum atomic E-state index is 9.35. The predicted molar refractivity (Wildman–Crippen MR) is 81.6 cm³/mol. The molecule has 19 heavy (non-hydrogen) atoms. The second-order valence-corrected chi connectivity index (χ2v) is 6.13. The molecule has 1 unspecified atom stereocenters. The van der Waals surface area contributed by atoms with Crippen molar-refractivity contribution in [2.45, 2.75) is 57.9 Å². The highest BCUT2D eigenvalue weighted by atomic mass is 16.3. The molecule has 106 valence electrons. The van der Waals surface area contributed by atoms with Crippen LogP contribution in [-0.4, -0.2) is 17.8 Å². The first-order chi connectivity index (χ1) is 9.20. The molecule has 2 N–H and O–H groups in total. The van der Waals surface area contributed by atoms with Gasteiger partial charge in [0.25, 0.3) is 0 Å². The zero-order valence-electron chi connectivity index (χ0n) is 12.2. The lowest BCUT2D eigenvalue weighted by atomic mass is 9.84. The van der Waals surface area contributed by atoms with Crippen LogP contribution < -0.4 is 5.32 Å². The Bertz CT molecular complexity index is 365. The number of hydrogen-bond acceptors (Lipinski definition) is 2. The van der Waals surface area contributed by atoms with Crippen LogP contribution in [0, 0.1) is 5.92 Å². The smallest absolute Gasteiger partial charge is 0.0635 e. The van der Waals surface area contributed by atoms with E-state index in [1.54, 1.807) is 0 Å². The Morgan fingerprint density at radius 2 is 1.74 bits per heavy atom. The number of aliphatic hydroxyl groups excluding tert-OH is 1. The molecule has 1 saturated carbocycles. The van der Waals surface area contributed by atoms with Crippen molar-refractivity contribution in [3.8, 4) is 0 Å². The fourth-order valence-corrected chi connectivity index (χ4v) is 2.92. The predicted octanol–water partition coefficient (Wildman–Crippen LogP) is 4.16. The van der Waals surface area contributed by atoms with Gasteiger partial charge in [-0.05, 0) is 42.4 Å². The third kappa shape index (κ3) is 3.97. The molecule has 2 heteroatoms. The van der Waals surface area contributed by atoms with Gasteiger partial charge in [-0.2, -0.15) is 0 Å². The third-order valence-corrected chi connectivity index (χ3v) is 4.34. The molecule has 1 atom stereocenters. The molecule has 2 rings (SSSR count). The molecule has 0 aromatic heterocycles. The van der Waals surface area contributed by atoms with Crippen LogP contribution >= 0.6 is 0 Å². The van der Waals surface area contributed by atoms with Crippen molar-refractivity contribution in [3.05, 3.63) is 29.8 Å². The van der Waals surface area contributed by atoms with E-state index in [0.29, 0.717) is 5.92 Å². The zero-order chi connectivity index (χ0) is 13.7. The highest BCUT2D eigenvalue weighted by molar-refractivity contribution is 5.46. The Morgan fingerprint density at radius 3 is 2.26 bits per heavy atom. The highest BCUT2D eigenvalue weighted by Gasteiger charge is 2.16. The number of anilines is 1. The van der Waals surface area contributed by atoms with Crippen molar-refractivity contribution in [3.63, 3.8) is 0 Å². The standard InChI is InChI=1S/C17H27NO/c1-13(2)17(12-19)18-16-10-8-15(9-11-16)14-6-4-3-5-7-14/h8-11,13-14,17-19H,3-7,12H2,1-2H3. The second kappa shape index (κ2) is 6.95. The van der Waals surface area contributed by atoms with Gasteiger partial charge < -0.3 is 10.4 Å². The monoisotopic (exact) mass is 261 g/mol. The SMILES string of the molecule is CC(C)C(CO)Nc1ccc(C2CCCCC2)cc1. The summed E-state index contributed by atoms with van der Waals surface area (Å²) < 4.78 is 0. The molecule has 1 aromatic carbocycles. The molecule has 1 fully saturated rings. The van der Waals surface area contributed by atoms with Crippen molar-refractivity contribution in [2.24, 2.45) is 5.92 Å². The number of aliphatic hydroxyl groups is 1. The van der Waals surface area contributed by atoms with Gasteiger partial charge in [0.05, 0.1) is 12.6 Å². The molecule has 0 saturated heterocycles. The zero-order valence-corrected chi connectivity index (χ0v) is 12.2. The number of nitrogens with one attached hydrogen (secondary N) is 1. The average Bonchev–Trinajstić information content (AvgIpc) is 2.46. The first-order valence-electron chi connectivity index (χ1n) is 7.68. The van der Waals surface area contributed by atoms with Gasteiger partial charge in [0.2, 0.25) is 0 Å². The van der Waals surface area contributed by atoms with Crippen LogP contribution in [0.25, 0.3) is 0 Å². The van der Waals surface area contributed by atoms with Gasteiger partial charge in [-0.3, -0.25) is 0 Å². The summed E-state index contributed by atoms with van der Waals surface area (Å²) in [6.45, 7) is 4.44. The Morgan fingerprint density at radius 1 is 1.11 bits per heavy atom. The fraction of sp³-hybridized carbons (Fsp3) is 0.647. The van der Waals surface area contributed by atoms with Gasteiger partial charge >= 0.3 is 0 Å². The lowest BCUT2D eigenvalue weighted by Crippen LogP contribution is -2.29. The van der Waals surface area contributed by atoms with Crippen LogP contribution in [0.2, 0.25) is 0 Å². The summed E-state index contributed by atoms with van der Waals surface area (Å²) in [6, 6.07) is 8.98. The van der Waals surface area contributed by atoms with E-state index in [2.05, 4.69) is 43.4 Å². The van der Waals surface area contributed by atoms with E-state index in [1.165, 1.54) is 37.7 Å². The molecule has 0 radical (unpaired) electrons. The number of benzene rings is 1. The molecule has 0 spiro atoms. The van der Waals surface area contributed by atoms with Crippen molar-refractivity contribution in [1.29, 1.82) is 0 Å². The molecule has 0 amide bonds. The Kier molecular flexibility index (Phi) is 5.26. The Balaban J connectivity index is 1.97. The Labute approximate surface area is 117 Å². The van der Waals surface area contributed by atoms with Crippen molar-refractivity contribution in [2.75, 3.05) is 11.9 Å². The van der Waals surface area contributed by atoms with Gasteiger partial charge in [-0.15, -0.1) is 0 Å². The highest BCUT2D eigenvalue weighted by Crippen LogP contribution is 2.33. The molecule has 0 heterocycles. The van der Waals surface area contributed by atoms with Gasteiger partial charge in [-0.25, -0.2) is 0 Å². The van der Waals surface area contributed by atoms with Crippen LogP contribution in [0.15, 0.2) is 24.3 Å². The van der Waals surface area contributed by atoms with Gasteiger partial charge in [0.1, 0.15) is 0 Å². The maximum absolute atomic E-state index is 9.35. The summed E-state index contributed by atoms with van der Waals surface area (Å²) in [4.78, 5) is 0. The van der Waals surface area contributed by atoms with Crippen LogP contribution in [-0.2, 0) is 0 Å². The maximum Gasteiger partial charge on any atom is 0.0635 e. The minimum absolute atomic E-state index is 0.139. The summed E-state index contributed by atoms with van der Waals surface area (Å²) in [6.07, 6.45) is 6.86. The van der Waals surface area contributed by atoms with Crippen molar-refractivity contribution >= 4 is 5.69 Å². The van der Waals surface area contributed by atoms with E-state index in [0.717, 1.165) is 11.6 Å². The minimum atomic E-state index is 0.139. The topological polar surface area (TPSA) is 32.3 Å². The molecule has 1 aliphatic carbocycles. The Hall–Kier alpha value is -1.02. The summed E-state index contributed by atoms with van der Waals surface area (Å²) in [5, 5.41) is 12.8. The molecule has 0 bridgehead atoms. The molecule has 2 nitrogen and oxygen atoms in total. The van der Waals surface area contributed by atoms with E-state index in [4.69, 9.17) is 0 Å². The summed E-state index contributed by atoms with van der Waals surface area (Å²) in [5.41, 5.74) is 2.60. The molecule has 1 aliphatic rings. The van der Waals surface area contributed by atoms with Crippen LogP contribution in [0.4, 0.5) is 5.69 Å². The third-order valence-electron chi connectivity index (χ3n) is 4.34. The number of hydrogen-bond donors (Lipinski definition) is 2. The molecular formula is C17H27NO. The summed E-state index contributed by atoms with van der Waals surface area (Å²) in [7, 11) is 0. The van der Waals surface area contributed by atoms with Crippen LogP contribution in [0.1, 0.15) is 57.4 Å². The normalized spacial score (nSPS) is 18.5. The lowest BCUT2D eigenvalue weighted by Gasteiger charge is -2.24. The van der Waals surface area contributed by atoms with E-state index in [9.17, 15) is 5.11 Å². The fourth-order valence-electron chi connectivity index (χ4n) is 2.92. The molecule has 1 aromatic rings. The molecule has 0 aliphatic heterocycles. The van der Waals surface area contributed by atoms with Gasteiger partial charge in [0.15, 0.2) is 0 Å². The van der Waals surface area contributed by atoms with E-state index < -0.39 is 0 Å². The van der Waals surface area contributed by atoms with Crippen LogP contribution in [0.3, 0.4) is 0 Å². The van der Waals surface area contributed by atoms with Crippen molar-refractivity contribution in [1.82, 2.24) is 0 Å². The number of rotatable bonds is 5. The van der Waals surface area contributed by atoms with Crippen LogP contribution in [0.5, 0.6) is 0 Å². The lowest BCUT2D eigenvalue weighted by molar-refractivity contribution is 0.249. The second-order valence-electron chi connectivity index (χ2n) is 6.13. The van der Waals surface area contributed by atoms with E-state index in [-0.39, 0.29) is 12.6 Å². The van der Waals surface area contributed by atoms with Gasteiger partial charge in [0, 0.05) is 5.69 Å². The first-order valence-corrected chi connectivity index (χ1v) is 7.68. The largest absolute Gasteiger partial charge is 0.394 e. The van der Waals surface area contributed by atoms with E-state index in [1.807, 2.05) is 0 Å². The molecular weight excluding hydrogens is 234 g/mol. The minimum Gasteiger partial charge on any atom is -0.394 e. The quantitative estimate of drug-likeness (QED) is 0.834. The van der Waals surface area contributed by atoms with E-state index >= 15 is 0 Å². The van der Waals surface area contributed by atoms with Gasteiger partial charge in [-0.1, -0.05) is 45.2 Å². The van der Waals surface area contributed by atoms with Crippen molar-refractivity contribution < 1.29 is 5.11 Å². The summed E-state index contributed by atoms with van der Waals surface area (Å²) >= 11 is 0. The average molecular weight is 261 g/mol. The first kappa shape index (κ1) is 14.4. The summed E-state index contributed by atoms with van der Waals surface area (Å²) in [5.74, 6) is 1.20.